The van der Waals surface area contributed by atoms with Gasteiger partial charge in [-0.25, -0.2) is 13.1 Å². The van der Waals surface area contributed by atoms with E-state index in [4.69, 9.17) is 14.6 Å². The maximum Gasteiger partial charge on any atom is 0.240 e. The highest BCUT2D eigenvalue weighted by molar-refractivity contribution is 7.89. The quantitative estimate of drug-likeness (QED) is 0.717. The van der Waals surface area contributed by atoms with E-state index in [1.54, 1.807) is 12.1 Å². The highest BCUT2D eigenvalue weighted by Gasteiger charge is 2.23. The average Bonchev–Trinajstić information content (AvgIpc) is 2.92. The van der Waals surface area contributed by atoms with Crippen LogP contribution in [0.1, 0.15) is 12.8 Å². The lowest BCUT2D eigenvalue weighted by Gasteiger charge is -2.12. The monoisotopic (exact) mass is 301 g/mol. The van der Waals surface area contributed by atoms with Gasteiger partial charge in [0.1, 0.15) is 5.75 Å². The maximum absolute atomic E-state index is 12.1. The van der Waals surface area contributed by atoms with Crippen molar-refractivity contribution < 1.29 is 23.0 Å². The van der Waals surface area contributed by atoms with E-state index in [-0.39, 0.29) is 17.5 Å². The molecule has 0 amide bonds. The number of hydrogen-bond acceptors (Lipinski definition) is 5. The summed E-state index contributed by atoms with van der Waals surface area (Å²) >= 11 is 0. The number of benzene rings is 1. The van der Waals surface area contributed by atoms with Gasteiger partial charge in [0.05, 0.1) is 18.1 Å². The summed E-state index contributed by atoms with van der Waals surface area (Å²) < 4.78 is 37.4. The van der Waals surface area contributed by atoms with Crippen LogP contribution in [0.4, 0.5) is 0 Å². The molecule has 2 rings (SSSR count). The van der Waals surface area contributed by atoms with Gasteiger partial charge in [-0.1, -0.05) is 0 Å². The highest BCUT2D eigenvalue weighted by Crippen LogP contribution is 2.17. The molecular weight excluding hydrogens is 282 g/mol. The van der Waals surface area contributed by atoms with Crippen LogP contribution in [0.15, 0.2) is 29.2 Å². The molecule has 0 spiro atoms. The van der Waals surface area contributed by atoms with Crippen LogP contribution in [-0.4, -0.2) is 46.0 Å². The van der Waals surface area contributed by atoms with Gasteiger partial charge in [-0.15, -0.1) is 0 Å². The lowest BCUT2D eigenvalue weighted by Crippen LogP contribution is -2.34. The first-order chi connectivity index (χ1) is 9.62. The predicted molar refractivity (Wildman–Crippen MR) is 73.2 cm³/mol. The normalized spacial score (nSPS) is 19.1. The SMILES string of the molecule is O=S(=O)(NC1CCOC1)c1ccc(OCCCO)cc1. The largest absolute Gasteiger partial charge is 0.494 e. The van der Waals surface area contributed by atoms with Gasteiger partial charge in [0.15, 0.2) is 0 Å². The van der Waals surface area contributed by atoms with Crippen LogP contribution in [0.2, 0.25) is 0 Å². The summed E-state index contributed by atoms with van der Waals surface area (Å²) in [4.78, 5) is 0.207. The first-order valence-electron chi connectivity index (χ1n) is 6.55. The smallest absolute Gasteiger partial charge is 0.240 e. The van der Waals surface area contributed by atoms with Crippen LogP contribution in [0.3, 0.4) is 0 Å². The van der Waals surface area contributed by atoms with Crippen LogP contribution in [0.25, 0.3) is 0 Å². The molecule has 1 saturated heterocycles. The van der Waals surface area contributed by atoms with Crippen molar-refractivity contribution in [3.63, 3.8) is 0 Å². The molecule has 0 aromatic heterocycles. The summed E-state index contributed by atoms with van der Waals surface area (Å²) in [5.41, 5.74) is 0. The lowest BCUT2D eigenvalue weighted by molar-refractivity contribution is 0.192. The van der Waals surface area contributed by atoms with Gasteiger partial charge in [-0.05, 0) is 30.7 Å². The second-order valence-corrected chi connectivity index (χ2v) is 6.29. The minimum absolute atomic E-state index is 0.0693. The van der Waals surface area contributed by atoms with E-state index in [1.807, 2.05) is 0 Å². The summed E-state index contributed by atoms with van der Waals surface area (Å²) in [6.45, 7) is 1.48. The number of aliphatic hydroxyl groups excluding tert-OH is 1. The first-order valence-corrected chi connectivity index (χ1v) is 8.04. The minimum atomic E-state index is -3.51. The standard InChI is InChI=1S/C13H19NO5S/c15-7-1-8-19-12-2-4-13(5-3-12)20(16,17)14-11-6-9-18-10-11/h2-5,11,14-15H,1,6-10H2. The van der Waals surface area contributed by atoms with E-state index in [0.29, 0.717) is 38.4 Å². The van der Waals surface area contributed by atoms with Crippen LogP contribution in [0, 0.1) is 0 Å². The van der Waals surface area contributed by atoms with Crippen molar-refractivity contribution in [2.45, 2.75) is 23.8 Å². The Morgan fingerprint density at radius 2 is 2.10 bits per heavy atom. The van der Waals surface area contributed by atoms with Crippen molar-refractivity contribution in [2.75, 3.05) is 26.4 Å². The van der Waals surface area contributed by atoms with E-state index in [2.05, 4.69) is 4.72 Å². The molecule has 0 bridgehead atoms. The molecule has 1 fully saturated rings. The fourth-order valence-corrected chi connectivity index (χ4v) is 3.14. The molecule has 1 heterocycles. The predicted octanol–water partition coefficient (Wildman–Crippen LogP) is 0.515. The summed E-state index contributed by atoms with van der Waals surface area (Å²) in [7, 11) is -3.51. The van der Waals surface area contributed by atoms with Crippen molar-refractivity contribution in [3.05, 3.63) is 24.3 Å². The molecule has 112 valence electrons. The average molecular weight is 301 g/mol. The first kappa shape index (κ1) is 15.2. The molecule has 1 unspecified atom stereocenters. The van der Waals surface area contributed by atoms with Crippen LogP contribution < -0.4 is 9.46 Å². The van der Waals surface area contributed by atoms with Crippen molar-refractivity contribution >= 4 is 10.0 Å². The number of sulfonamides is 1. The summed E-state index contributed by atoms with van der Waals surface area (Å²) in [5.74, 6) is 0.585. The molecule has 1 aromatic rings. The fraction of sp³-hybridized carbons (Fsp3) is 0.538. The van der Waals surface area contributed by atoms with E-state index in [1.165, 1.54) is 12.1 Å². The second kappa shape index (κ2) is 7.03. The maximum atomic E-state index is 12.1. The highest BCUT2D eigenvalue weighted by atomic mass is 32.2. The molecule has 1 aromatic carbocycles. The van der Waals surface area contributed by atoms with Gasteiger partial charge in [0, 0.05) is 25.7 Å². The second-order valence-electron chi connectivity index (χ2n) is 4.58. The topological polar surface area (TPSA) is 84.9 Å². The van der Waals surface area contributed by atoms with Crippen molar-refractivity contribution in [1.82, 2.24) is 4.72 Å². The Kier molecular flexibility index (Phi) is 5.36. The Morgan fingerprint density at radius 1 is 1.35 bits per heavy atom. The van der Waals surface area contributed by atoms with Gasteiger partial charge >= 0.3 is 0 Å². The molecule has 0 saturated carbocycles. The fourth-order valence-electron chi connectivity index (χ4n) is 1.88. The van der Waals surface area contributed by atoms with Gasteiger partial charge in [0.25, 0.3) is 0 Å². The molecule has 1 atom stereocenters. The van der Waals surface area contributed by atoms with E-state index in [0.717, 1.165) is 0 Å². The lowest BCUT2D eigenvalue weighted by atomic mass is 10.3. The number of nitrogens with one attached hydrogen (secondary N) is 1. The molecule has 6 nitrogen and oxygen atoms in total. The van der Waals surface area contributed by atoms with E-state index < -0.39 is 10.0 Å². The summed E-state index contributed by atoms with van der Waals surface area (Å²) in [6, 6.07) is 6.08. The van der Waals surface area contributed by atoms with E-state index >= 15 is 0 Å². The van der Waals surface area contributed by atoms with Crippen molar-refractivity contribution in [3.8, 4) is 5.75 Å². The minimum Gasteiger partial charge on any atom is -0.494 e. The number of rotatable bonds is 7. The van der Waals surface area contributed by atoms with Crippen LogP contribution >= 0.6 is 0 Å². The van der Waals surface area contributed by atoms with Crippen LogP contribution in [-0.2, 0) is 14.8 Å². The van der Waals surface area contributed by atoms with Gasteiger partial charge in [0.2, 0.25) is 10.0 Å². The van der Waals surface area contributed by atoms with Gasteiger partial charge in [-0.3, -0.25) is 0 Å². The molecule has 20 heavy (non-hydrogen) atoms. The van der Waals surface area contributed by atoms with Gasteiger partial charge in [-0.2, -0.15) is 0 Å². The zero-order valence-electron chi connectivity index (χ0n) is 11.1. The Labute approximate surface area is 118 Å². The Hall–Kier alpha value is -1.15. The Morgan fingerprint density at radius 3 is 2.70 bits per heavy atom. The third-order valence-electron chi connectivity index (χ3n) is 2.96. The number of aliphatic hydroxyl groups is 1. The molecule has 7 heteroatoms. The molecule has 1 aliphatic heterocycles. The van der Waals surface area contributed by atoms with Crippen LogP contribution in [0.5, 0.6) is 5.75 Å². The Bertz CT molecular complexity index is 508. The number of hydrogen-bond donors (Lipinski definition) is 2. The van der Waals surface area contributed by atoms with Gasteiger partial charge < -0.3 is 14.6 Å². The molecule has 1 aliphatic rings. The number of ether oxygens (including phenoxy) is 2. The summed E-state index contributed by atoms with van der Waals surface area (Å²) in [5, 5.41) is 8.65. The zero-order valence-corrected chi connectivity index (χ0v) is 11.9. The third kappa shape index (κ3) is 4.17. The summed E-state index contributed by atoms with van der Waals surface area (Å²) in [6.07, 6.45) is 1.24. The Balaban J connectivity index is 1.97. The van der Waals surface area contributed by atoms with E-state index in [9.17, 15) is 8.42 Å². The van der Waals surface area contributed by atoms with Crippen molar-refractivity contribution in [1.29, 1.82) is 0 Å². The molecule has 0 radical (unpaired) electrons. The zero-order chi connectivity index (χ0) is 14.4. The molecular formula is C13H19NO5S. The van der Waals surface area contributed by atoms with Crippen molar-refractivity contribution in [2.24, 2.45) is 0 Å². The molecule has 2 N–H and O–H groups in total. The third-order valence-corrected chi connectivity index (χ3v) is 4.49. The molecule has 0 aliphatic carbocycles.